The molecule has 0 saturated heterocycles. The second kappa shape index (κ2) is 3.80. The van der Waals surface area contributed by atoms with Gasteiger partial charge in [0.1, 0.15) is 11.6 Å². The first-order valence-electron chi connectivity index (χ1n) is 4.78. The lowest BCUT2D eigenvalue weighted by Crippen LogP contribution is -1.99. The largest absolute Gasteiger partial charge is 0.438 e. The Morgan fingerprint density at radius 3 is 2.93 bits per heavy atom. The summed E-state index contributed by atoms with van der Waals surface area (Å²) in [6.45, 7) is 4.56. The zero-order chi connectivity index (χ0) is 9.97. The summed E-state index contributed by atoms with van der Waals surface area (Å²) in [5.41, 5.74) is 1.70. The second-order valence-electron chi connectivity index (χ2n) is 3.12. The highest BCUT2D eigenvalue weighted by molar-refractivity contribution is 5.72. The van der Waals surface area contributed by atoms with E-state index in [2.05, 4.69) is 4.98 Å². The molecule has 0 spiro atoms. The fourth-order valence-electron chi connectivity index (χ4n) is 1.39. The van der Waals surface area contributed by atoms with Crippen LogP contribution < -0.4 is 0 Å². The zero-order valence-corrected chi connectivity index (χ0v) is 8.36. The maximum absolute atomic E-state index is 5.55. The first kappa shape index (κ1) is 9.21. The van der Waals surface area contributed by atoms with E-state index in [9.17, 15) is 0 Å². The van der Waals surface area contributed by atoms with Gasteiger partial charge in [0.25, 0.3) is 0 Å². The second-order valence-corrected chi connectivity index (χ2v) is 3.12. The Bertz CT molecular complexity index is 389. The lowest BCUT2D eigenvalue weighted by Gasteiger charge is -2.05. The molecule has 0 bridgehead atoms. The summed E-state index contributed by atoms with van der Waals surface area (Å²) >= 11 is 0. The normalized spacial score (nSPS) is 13.3. The number of hydrogen-bond donors (Lipinski definition) is 0. The van der Waals surface area contributed by atoms with Crippen molar-refractivity contribution in [2.75, 3.05) is 6.61 Å². The molecule has 0 radical (unpaired) electrons. The first-order chi connectivity index (χ1) is 6.81. The summed E-state index contributed by atoms with van der Waals surface area (Å²) in [4.78, 5) is 4.34. The van der Waals surface area contributed by atoms with Gasteiger partial charge in [0.15, 0.2) is 5.58 Å². The molecular weight excluding hydrogens is 178 g/mol. The summed E-state index contributed by atoms with van der Waals surface area (Å²) in [6, 6.07) is 7.72. The molecule has 1 atom stereocenters. The molecule has 14 heavy (non-hydrogen) atoms. The maximum Gasteiger partial charge on any atom is 0.224 e. The van der Waals surface area contributed by atoms with Crippen LogP contribution in [0.5, 0.6) is 0 Å². The fraction of sp³-hybridized carbons (Fsp3) is 0.364. The Labute approximate surface area is 82.7 Å². The highest BCUT2D eigenvalue weighted by Crippen LogP contribution is 2.21. The van der Waals surface area contributed by atoms with Crippen LogP contribution in [0.4, 0.5) is 0 Å². The van der Waals surface area contributed by atoms with Gasteiger partial charge in [-0.1, -0.05) is 12.1 Å². The van der Waals surface area contributed by atoms with Crippen molar-refractivity contribution in [3.8, 4) is 0 Å². The molecule has 1 aromatic carbocycles. The SMILES string of the molecule is CCOC(C)c1nc2ccccc2o1. The average Bonchev–Trinajstić information content (AvgIpc) is 2.61. The third-order valence-corrected chi connectivity index (χ3v) is 2.07. The topological polar surface area (TPSA) is 35.3 Å². The number of ether oxygens (including phenoxy) is 1. The van der Waals surface area contributed by atoms with Gasteiger partial charge in [-0.2, -0.15) is 0 Å². The van der Waals surface area contributed by atoms with E-state index in [1.807, 2.05) is 38.1 Å². The van der Waals surface area contributed by atoms with E-state index in [-0.39, 0.29) is 6.10 Å². The quantitative estimate of drug-likeness (QED) is 0.748. The molecule has 0 fully saturated rings. The molecule has 2 aromatic rings. The number of benzene rings is 1. The molecule has 3 nitrogen and oxygen atoms in total. The van der Waals surface area contributed by atoms with Gasteiger partial charge in [-0.3, -0.25) is 0 Å². The molecule has 0 saturated carbocycles. The molecule has 1 unspecified atom stereocenters. The van der Waals surface area contributed by atoms with Gasteiger partial charge in [-0.05, 0) is 26.0 Å². The molecule has 1 aromatic heterocycles. The summed E-state index contributed by atoms with van der Waals surface area (Å²) in [7, 11) is 0. The number of hydrogen-bond acceptors (Lipinski definition) is 3. The molecule has 74 valence electrons. The summed E-state index contributed by atoms with van der Waals surface area (Å²) in [6.07, 6.45) is -0.0765. The Hall–Kier alpha value is -1.35. The molecule has 0 aliphatic carbocycles. The Morgan fingerprint density at radius 1 is 1.43 bits per heavy atom. The molecular formula is C11H13NO2. The average molecular weight is 191 g/mol. The zero-order valence-electron chi connectivity index (χ0n) is 8.36. The summed E-state index contributed by atoms with van der Waals surface area (Å²) in [5, 5.41) is 0. The van der Waals surface area contributed by atoms with Crippen LogP contribution in [0.1, 0.15) is 25.8 Å². The number of para-hydroxylation sites is 2. The number of fused-ring (bicyclic) bond motifs is 1. The minimum atomic E-state index is -0.0765. The highest BCUT2D eigenvalue weighted by Gasteiger charge is 2.12. The first-order valence-corrected chi connectivity index (χ1v) is 4.78. The van der Waals surface area contributed by atoms with Crippen molar-refractivity contribution in [2.24, 2.45) is 0 Å². The van der Waals surface area contributed by atoms with Gasteiger partial charge >= 0.3 is 0 Å². The van der Waals surface area contributed by atoms with Gasteiger partial charge in [0, 0.05) is 6.61 Å². The Morgan fingerprint density at radius 2 is 2.21 bits per heavy atom. The van der Waals surface area contributed by atoms with Crippen LogP contribution in [0, 0.1) is 0 Å². The lowest BCUT2D eigenvalue weighted by molar-refractivity contribution is 0.0577. The van der Waals surface area contributed by atoms with Crippen molar-refractivity contribution in [3.63, 3.8) is 0 Å². The lowest BCUT2D eigenvalue weighted by atomic mass is 10.3. The number of oxazole rings is 1. The van der Waals surface area contributed by atoms with Crippen molar-refractivity contribution >= 4 is 11.1 Å². The Kier molecular flexibility index (Phi) is 2.50. The van der Waals surface area contributed by atoms with E-state index in [0.29, 0.717) is 12.5 Å². The van der Waals surface area contributed by atoms with Gasteiger partial charge in [0.2, 0.25) is 5.89 Å². The van der Waals surface area contributed by atoms with Crippen LogP contribution in [0.25, 0.3) is 11.1 Å². The minimum Gasteiger partial charge on any atom is -0.438 e. The van der Waals surface area contributed by atoms with E-state index in [1.165, 1.54) is 0 Å². The van der Waals surface area contributed by atoms with Crippen molar-refractivity contribution in [3.05, 3.63) is 30.2 Å². The molecule has 2 rings (SSSR count). The number of nitrogens with zero attached hydrogens (tertiary/aromatic N) is 1. The Balaban J connectivity index is 2.35. The van der Waals surface area contributed by atoms with E-state index in [0.717, 1.165) is 11.1 Å². The van der Waals surface area contributed by atoms with Crippen molar-refractivity contribution in [1.82, 2.24) is 4.98 Å². The molecule has 0 aliphatic heterocycles. The highest BCUT2D eigenvalue weighted by atomic mass is 16.5. The molecule has 0 aliphatic rings. The van der Waals surface area contributed by atoms with E-state index in [4.69, 9.17) is 9.15 Å². The van der Waals surface area contributed by atoms with Crippen LogP contribution in [0.2, 0.25) is 0 Å². The van der Waals surface area contributed by atoms with Crippen LogP contribution >= 0.6 is 0 Å². The predicted molar refractivity (Wildman–Crippen MR) is 54.1 cm³/mol. The minimum absolute atomic E-state index is 0.0765. The van der Waals surface area contributed by atoms with Gasteiger partial charge in [0.05, 0.1) is 0 Å². The monoisotopic (exact) mass is 191 g/mol. The van der Waals surface area contributed by atoms with Crippen LogP contribution in [0.3, 0.4) is 0 Å². The predicted octanol–water partition coefficient (Wildman–Crippen LogP) is 2.93. The van der Waals surface area contributed by atoms with Gasteiger partial charge < -0.3 is 9.15 Å². The summed E-state index contributed by atoms with van der Waals surface area (Å²) in [5.74, 6) is 0.646. The van der Waals surface area contributed by atoms with E-state index >= 15 is 0 Å². The number of aromatic nitrogens is 1. The third kappa shape index (κ3) is 1.63. The van der Waals surface area contributed by atoms with E-state index in [1.54, 1.807) is 0 Å². The van der Waals surface area contributed by atoms with Crippen LogP contribution in [0.15, 0.2) is 28.7 Å². The van der Waals surface area contributed by atoms with E-state index < -0.39 is 0 Å². The molecule has 0 N–H and O–H groups in total. The smallest absolute Gasteiger partial charge is 0.224 e. The van der Waals surface area contributed by atoms with Crippen molar-refractivity contribution in [1.29, 1.82) is 0 Å². The third-order valence-electron chi connectivity index (χ3n) is 2.07. The maximum atomic E-state index is 5.55. The van der Waals surface area contributed by atoms with Gasteiger partial charge in [-0.25, -0.2) is 4.98 Å². The fourth-order valence-corrected chi connectivity index (χ4v) is 1.39. The van der Waals surface area contributed by atoms with Crippen LogP contribution in [-0.4, -0.2) is 11.6 Å². The number of rotatable bonds is 3. The molecule has 3 heteroatoms. The standard InChI is InChI=1S/C11H13NO2/c1-3-13-8(2)11-12-9-6-4-5-7-10(9)14-11/h4-8H,3H2,1-2H3. The van der Waals surface area contributed by atoms with Gasteiger partial charge in [-0.15, -0.1) is 0 Å². The van der Waals surface area contributed by atoms with Crippen molar-refractivity contribution < 1.29 is 9.15 Å². The van der Waals surface area contributed by atoms with Crippen LogP contribution in [-0.2, 0) is 4.74 Å². The van der Waals surface area contributed by atoms with Crippen molar-refractivity contribution in [2.45, 2.75) is 20.0 Å². The molecule has 1 heterocycles. The summed E-state index contributed by atoms with van der Waals surface area (Å²) < 4.78 is 10.9. The molecule has 0 amide bonds.